The topological polar surface area (TPSA) is 72.2 Å². The molecule has 0 aromatic heterocycles. The summed E-state index contributed by atoms with van der Waals surface area (Å²) >= 11 is 0. The molecule has 0 heterocycles. The number of hydrogen-bond acceptors (Lipinski definition) is 4. The molecule has 108 valence electrons. The quantitative estimate of drug-likeness (QED) is 0.741. The van der Waals surface area contributed by atoms with Gasteiger partial charge in [-0.2, -0.15) is 0 Å². The second kappa shape index (κ2) is 16.0. The third kappa shape index (κ3) is 60.0. The average molecular weight is 258 g/mol. The molecule has 0 spiro atoms. The zero-order chi connectivity index (χ0) is 15.1. The van der Waals surface area contributed by atoms with Gasteiger partial charge in [0, 0.05) is 19.0 Å². The van der Waals surface area contributed by atoms with Crippen molar-refractivity contribution in [2.45, 2.75) is 60.0 Å². The van der Waals surface area contributed by atoms with Crippen molar-refractivity contribution in [2.75, 3.05) is 6.54 Å². The van der Waals surface area contributed by atoms with Crippen LogP contribution in [0.3, 0.4) is 0 Å². The molecule has 0 rings (SSSR count). The predicted octanol–water partition coefficient (Wildman–Crippen LogP) is 2.08. The maximum Gasteiger partial charge on any atom is 0.152 e. The molecule has 4 heteroatoms. The number of hydrogen-bond donors (Lipinski definition) is 2. The van der Waals surface area contributed by atoms with Gasteiger partial charge in [0.25, 0.3) is 0 Å². The molecule has 0 radical (unpaired) electrons. The number of allylic oxidation sites excluding steroid dienone is 1. The maximum atomic E-state index is 10.4. The molecule has 18 heavy (non-hydrogen) atoms. The van der Waals surface area contributed by atoms with Crippen molar-refractivity contribution < 1.29 is 9.59 Å². The van der Waals surface area contributed by atoms with Crippen molar-refractivity contribution in [1.82, 2.24) is 5.32 Å². The lowest BCUT2D eigenvalue weighted by Gasteiger charge is -2.04. The number of ketones is 2. The van der Waals surface area contributed by atoms with Gasteiger partial charge in [0.15, 0.2) is 5.78 Å². The second-order valence-electron chi connectivity index (χ2n) is 4.62. The van der Waals surface area contributed by atoms with Gasteiger partial charge in [-0.25, -0.2) is 0 Å². The zero-order valence-electron chi connectivity index (χ0n) is 12.7. The molecule has 0 atom stereocenters. The number of nitrogens with two attached hydrogens (primary N) is 1. The normalized spacial score (nSPS) is 8.94. The molecule has 0 unspecified atom stereocenters. The Morgan fingerprint density at radius 2 is 1.56 bits per heavy atom. The van der Waals surface area contributed by atoms with Crippen LogP contribution in [0, 0.1) is 0 Å². The highest BCUT2D eigenvalue weighted by Gasteiger charge is 1.93. The van der Waals surface area contributed by atoms with Crippen LogP contribution in [0.1, 0.15) is 48.0 Å². The molecule has 0 aliphatic rings. The molecular formula is C14H30N2O2. The fourth-order valence-electron chi connectivity index (χ4n) is 0.537. The predicted molar refractivity (Wildman–Crippen MR) is 78.6 cm³/mol. The molecule has 0 bridgehead atoms. The number of rotatable bonds is 5. The molecule has 0 aromatic carbocycles. The van der Waals surface area contributed by atoms with E-state index in [0.29, 0.717) is 18.5 Å². The summed E-state index contributed by atoms with van der Waals surface area (Å²) in [5.41, 5.74) is 5.11. The molecule has 0 fully saturated rings. The van der Waals surface area contributed by atoms with E-state index >= 15 is 0 Å². The van der Waals surface area contributed by atoms with Crippen LogP contribution >= 0.6 is 0 Å². The fraction of sp³-hybridized carbons (Fsp3) is 0.714. The van der Waals surface area contributed by atoms with Gasteiger partial charge in [0.05, 0.1) is 0 Å². The standard InChI is InChI=1S/C7H15NO.C4H6O.C3H9N/c1-6(2)8-5-4-7(3)9;1-3-4(2)5;1-3(2)4/h6,8H,4-5H2,1-3H3;3H,1H2,2H3;3H,4H2,1-2H3. The first kappa shape index (κ1) is 22.2. The number of carbonyl (C=O) groups excluding carboxylic acids is 2. The maximum absolute atomic E-state index is 10.4. The number of nitrogens with one attached hydrogen (secondary N) is 1. The summed E-state index contributed by atoms with van der Waals surface area (Å²) in [4.78, 5) is 20.1. The lowest BCUT2D eigenvalue weighted by Crippen LogP contribution is -2.24. The summed E-state index contributed by atoms with van der Waals surface area (Å²) in [7, 11) is 0. The fourth-order valence-corrected chi connectivity index (χ4v) is 0.537. The molecule has 0 aliphatic heterocycles. The Labute approximate surface area is 112 Å². The Balaban J connectivity index is -0.000000212. The number of carbonyl (C=O) groups is 2. The first-order chi connectivity index (χ1) is 8.13. The summed E-state index contributed by atoms with van der Waals surface area (Å²) < 4.78 is 0. The SMILES string of the molecule is C=CC(C)=O.CC(=O)CCNC(C)C.CC(C)N. The molecule has 3 N–H and O–H groups in total. The molecule has 0 aliphatic carbocycles. The Kier molecular flexibility index (Phi) is 19.7. The lowest BCUT2D eigenvalue weighted by molar-refractivity contribution is -0.117. The van der Waals surface area contributed by atoms with Crippen LogP contribution in [-0.4, -0.2) is 30.2 Å². The van der Waals surface area contributed by atoms with Crippen LogP contribution in [0.15, 0.2) is 12.7 Å². The van der Waals surface area contributed by atoms with E-state index in [2.05, 4.69) is 25.7 Å². The summed E-state index contributed by atoms with van der Waals surface area (Å²) in [5.74, 6) is 0.271. The van der Waals surface area contributed by atoms with Crippen LogP contribution in [-0.2, 0) is 9.59 Å². The van der Waals surface area contributed by atoms with Gasteiger partial charge >= 0.3 is 0 Å². The van der Waals surface area contributed by atoms with Crippen LogP contribution in [0.5, 0.6) is 0 Å². The third-order valence-electron chi connectivity index (χ3n) is 1.32. The van der Waals surface area contributed by atoms with E-state index in [1.165, 1.54) is 13.0 Å². The van der Waals surface area contributed by atoms with Crippen molar-refractivity contribution in [1.29, 1.82) is 0 Å². The minimum absolute atomic E-state index is 0.0185. The van der Waals surface area contributed by atoms with E-state index in [1.807, 2.05) is 13.8 Å². The van der Waals surface area contributed by atoms with Gasteiger partial charge < -0.3 is 11.1 Å². The summed E-state index contributed by atoms with van der Waals surface area (Å²) in [6, 6.07) is 0.823. The largest absolute Gasteiger partial charge is 0.328 e. The highest BCUT2D eigenvalue weighted by Crippen LogP contribution is 1.80. The van der Waals surface area contributed by atoms with Crippen molar-refractivity contribution in [3.05, 3.63) is 12.7 Å². The van der Waals surface area contributed by atoms with E-state index in [4.69, 9.17) is 5.73 Å². The van der Waals surface area contributed by atoms with Gasteiger partial charge in [-0.3, -0.25) is 9.59 Å². The first-order valence-corrected chi connectivity index (χ1v) is 6.24. The minimum Gasteiger partial charge on any atom is -0.328 e. The van der Waals surface area contributed by atoms with Crippen molar-refractivity contribution >= 4 is 11.6 Å². The molecule has 0 aromatic rings. The molecular weight excluding hydrogens is 228 g/mol. The molecule has 0 saturated carbocycles. The van der Waals surface area contributed by atoms with Crippen LogP contribution in [0.25, 0.3) is 0 Å². The molecule has 0 amide bonds. The summed E-state index contributed by atoms with van der Waals surface area (Å²) in [5, 5.41) is 3.16. The zero-order valence-corrected chi connectivity index (χ0v) is 12.7. The lowest BCUT2D eigenvalue weighted by atomic mass is 10.3. The third-order valence-corrected chi connectivity index (χ3v) is 1.32. The van der Waals surface area contributed by atoms with E-state index in [0.717, 1.165) is 6.54 Å². The van der Waals surface area contributed by atoms with Crippen molar-refractivity contribution in [3.63, 3.8) is 0 Å². The first-order valence-electron chi connectivity index (χ1n) is 6.24. The summed E-state index contributed by atoms with van der Waals surface area (Å²) in [6.07, 6.45) is 1.93. The number of Topliss-reactive ketones (excluding diaryl/α,β-unsaturated/α-hetero) is 1. The Hall–Kier alpha value is -1.00. The smallest absolute Gasteiger partial charge is 0.152 e. The average Bonchev–Trinajstić information content (AvgIpc) is 2.16. The Morgan fingerprint density at radius 1 is 1.22 bits per heavy atom. The molecule has 0 saturated heterocycles. The molecule has 4 nitrogen and oxygen atoms in total. The minimum atomic E-state index is 0.0185. The van der Waals surface area contributed by atoms with E-state index in [1.54, 1.807) is 6.92 Å². The van der Waals surface area contributed by atoms with E-state index in [9.17, 15) is 9.59 Å². The van der Waals surface area contributed by atoms with Crippen LogP contribution < -0.4 is 11.1 Å². The van der Waals surface area contributed by atoms with Crippen molar-refractivity contribution in [3.8, 4) is 0 Å². The summed E-state index contributed by atoms with van der Waals surface area (Å²) in [6.45, 7) is 15.1. The highest BCUT2D eigenvalue weighted by atomic mass is 16.1. The van der Waals surface area contributed by atoms with Gasteiger partial charge in [-0.15, -0.1) is 0 Å². The monoisotopic (exact) mass is 258 g/mol. The highest BCUT2D eigenvalue weighted by molar-refractivity contribution is 5.86. The van der Waals surface area contributed by atoms with E-state index < -0.39 is 0 Å². The van der Waals surface area contributed by atoms with Crippen LogP contribution in [0.2, 0.25) is 0 Å². The van der Waals surface area contributed by atoms with Crippen molar-refractivity contribution in [2.24, 2.45) is 5.73 Å². The van der Waals surface area contributed by atoms with Gasteiger partial charge in [-0.05, 0) is 26.0 Å². The Bertz CT molecular complexity index is 221. The van der Waals surface area contributed by atoms with Gasteiger partial charge in [0.1, 0.15) is 5.78 Å². The van der Waals surface area contributed by atoms with Gasteiger partial charge in [-0.1, -0.05) is 34.3 Å². The second-order valence-corrected chi connectivity index (χ2v) is 4.62. The Morgan fingerprint density at radius 3 is 1.72 bits per heavy atom. The van der Waals surface area contributed by atoms with Gasteiger partial charge in [0.2, 0.25) is 0 Å². The van der Waals surface area contributed by atoms with Crippen LogP contribution in [0.4, 0.5) is 0 Å². The van der Waals surface area contributed by atoms with E-state index in [-0.39, 0.29) is 11.6 Å².